The van der Waals surface area contributed by atoms with Crippen molar-refractivity contribution in [1.82, 2.24) is 4.90 Å². The molecule has 4 nitrogen and oxygen atoms in total. The summed E-state index contributed by atoms with van der Waals surface area (Å²) in [4.78, 5) is 14.0. The minimum Gasteiger partial charge on any atom is -0.389 e. The summed E-state index contributed by atoms with van der Waals surface area (Å²) in [6.45, 7) is 0.681. The predicted octanol–water partition coefficient (Wildman–Crippen LogP) is 3.56. The molecule has 0 heterocycles. The molecule has 1 saturated carbocycles. The van der Waals surface area contributed by atoms with Crippen molar-refractivity contribution >= 4 is 34.8 Å². The molecule has 0 radical (unpaired) electrons. The van der Waals surface area contributed by atoms with E-state index in [4.69, 9.17) is 23.2 Å². The smallest absolute Gasteiger partial charge is 0.238 e. The van der Waals surface area contributed by atoms with Crippen LogP contribution in [-0.2, 0) is 4.79 Å². The van der Waals surface area contributed by atoms with Gasteiger partial charge in [-0.05, 0) is 32.0 Å². The van der Waals surface area contributed by atoms with Crippen LogP contribution in [0.15, 0.2) is 18.2 Å². The zero-order chi connectivity index (χ0) is 16.2. The largest absolute Gasteiger partial charge is 0.389 e. The van der Waals surface area contributed by atoms with Crippen molar-refractivity contribution in [2.75, 3.05) is 25.5 Å². The highest BCUT2D eigenvalue weighted by Crippen LogP contribution is 2.30. The molecule has 0 aliphatic heterocycles. The minimum atomic E-state index is -0.671. The van der Waals surface area contributed by atoms with E-state index in [0.717, 1.165) is 25.7 Å². The Kier molecular flexibility index (Phi) is 6.09. The van der Waals surface area contributed by atoms with Gasteiger partial charge < -0.3 is 10.4 Å². The first kappa shape index (κ1) is 17.5. The topological polar surface area (TPSA) is 52.6 Å². The lowest BCUT2D eigenvalue weighted by Gasteiger charge is -2.35. The molecule has 0 aromatic heterocycles. The second-order valence-corrected chi connectivity index (χ2v) is 6.92. The van der Waals surface area contributed by atoms with Crippen molar-refractivity contribution in [3.8, 4) is 0 Å². The van der Waals surface area contributed by atoms with Gasteiger partial charge in [0.05, 0.1) is 27.9 Å². The fraction of sp³-hybridized carbons (Fsp3) is 0.562. The maximum Gasteiger partial charge on any atom is 0.238 e. The number of hydrogen-bond donors (Lipinski definition) is 2. The van der Waals surface area contributed by atoms with Gasteiger partial charge in [-0.3, -0.25) is 9.69 Å². The van der Waals surface area contributed by atoms with Crippen molar-refractivity contribution in [2.24, 2.45) is 0 Å². The number of halogens is 2. The molecule has 0 unspecified atom stereocenters. The van der Waals surface area contributed by atoms with E-state index in [1.165, 1.54) is 6.42 Å². The number of benzene rings is 1. The third-order valence-electron chi connectivity index (χ3n) is 3.99. The van der Waals surface area contributed by atoms with Crippen LogP contribution in [0.4, 0.5) is 5.69 Å². The molecule has 1 aliphatic rings. The molecule has 1 fully saturated rings. The van der Waals surface area contributed by atoms with Crippen molar-refractivity contribution in [2.45, 2.75) is 37.7 Å². The summed E-state index contributed by atoms with van der Waals surface area (Å²) >= 11 is 12.1. The number of nitrogens with one attached hydrogen (secondary N) is 1. The summed E-state index contributed by atoms with van der Waals surface area (Å²) in [5.41, 5.74) is -0.240. The zero-order valence-corrected chi connectivity index (χ0v) is 14.3. The Bertz CT molecular complexity index is 511. The fourth-order valence-corrected chi connectivity index (χ4v) is 3.46. The van der Waals surface area contributed by atoms with Gasteiger partial charge in [-0.15, -0.1) is 0 Å². The van der Waals surface area contributed by atoms with Gasteiger partial charge in [0.1, 0.15) is 0 Å². The lowest BCUT2D eigenvalue weighted by atomic mass is 9.84. The average molecular weight is 345 g/mol. The van der Waals surface area contributed by atoms with E-state index in [1.54, 1.807) is 18.2 Å². The maximum atomic E-state index is 12.1. The molecule has 0 saturated heterocycles. The number of hydrogen-bond acceptors (Lipinski definition) is 3. The average Bonchev–Trinajstić information content (AvgIpc) is 2.43. The minimum absolute atomic E-state index is 0.184. The third-order valence-corrected chi connectivity index (χ3v) is 4.62. The van der Waals surface area contributed by atoms with Crippen LogP contribution >= 0.6 is 23.2 Å². The van der Waals surface area contributed by atoms with Crippen molar-refractivity contribution in [3.63, 3.8) is 0 Å². The summed E-state index contributed by atoms with van der Waals surface area (Å²) in [7, 11) is 1.83. The van der Waals surface area contributed by atoms with Crippen LogP contribution in [0.5, 0.6) is 0 Å². The Morgan fingerprint density at radius 1 is 1.27 bits per heavy atom. The number of carbonyl (C=O) groups is 1. The van der Waals surface area contributed by atoms with Crippen LogP contribution < -0.4 is 5.32 Å². The molecule has 122 valence electrons. The van der Waals surface area contributed by atoms with Gasteiger partial charge in [-0.25, -0.2) is 0 Å². The Labute approximate surface area is 141 Å². The molecule has 0 spiro atoms. The summed E-state index contributed by atoms with van der Waals surface area (Å²) in [6, 6.07) is 5.08. The van der Waals surface area contributed by atoms with Crippen molar-refractivity contribution in [3.05, 3.63) is 28.2 Å². The number of carbonyl (C=O) groups excluding carboxylic acids is 1. The Morgan fingerprint density at radius 2 is 1.86 bits per heavy atom. The van der Waals surface area contributed by atoms with Crippen LogP contribution in [0.3, 0.4) is 0 Å². The van der Waals surface area contributed by atoms with E-state index in [1.807, 2.05) is 11.9 Å². The maximum absolute atomic E-state index is 12.1. The second-order valence-electron chi connectivity index (χ2n) is 6.10. The van der Waals surface area contributed by atoms with Crippen LogP contribution in [-0.4, -0.2) is 41.7 Å². The van der Waals surface area contributed by atoms with Crippen LogP contribution in [0.25, 0.3) is 0 Å². The van der Waals surface area contributed by atoms with E-state index in [2.05, 4.69) is 5.32 Å². The number of rotatable bonds is 5. The number of nitrogens with zero attached hydrogens (tertiary/aromatic N) is 1. The number of aliphatic hydroxyl groups is 1. The summed E-state index contributed by atoms with van der Waals surface area (Å²) < 4.78 is 0. The normalized spacial score (nSPS) is 17.5. The highest BCUT2D eigenvalue weighted by atomic mass is 35.5. The Balaban J connectivity index is 1.88. The van der Waals surface area contributed by atoms with Gasteiger partial charge in [-0.1, -0.05) is 48.5 Å². The molecule has 0 bridgehead atoms. The Morgan fingerprint density at radius 3 is 2.45 bits per heavy atom. The number of amides is 1. The second kappa shape index (κ2) is 7.64. The van der Waals surface area contributed by atoms with Gasteiger partial charge in [0.2, 0.25) is 5.91 Å². The van der Waals surface area contributed by atoms with E-state index >= 15 is 0 Å². The molecule has 1 aromatic carbocycles. The first-order valence-corrected chi connectivity index (χ1v) is 8.30. The fourth-order valence-electron chi connectivity index (χ4n) is 2.97. The summed E-state index contributed by atoms with van der Waals surface area (Å²) in [5, 5.41) is 14.1. The molecule has 6 heteroatoms. The standard InChI is InChI=1S/C16H22Cl2N2O2/c1-20(11-16(22)8-3-2-4-9-16)10-14(21)19-15-12(17)6-5-7-13(15)18/h5-7,22H,2-4,8-11H2,1H3,(H,19,21). The molecular weight excluding hydrogens is 323 g/mol. The summed E-state index contributed by atoms with van der Waals surface area (Å²) in [5.74, 6) is -0.197. The van der Waals surface area contributed by atoms with Crippen molar-refractivity contribution < 1.29 is 9.90 Å². The van der Waals surface area contributed by atoms with Crippen LogP contribution in [0, 0.1) is 0 Å². The number of para-hydroxylation sites is 1. The van der Waals surface area contributed by atoms with Gasteiger partial charge in [0.25, 0.3) is 0 Å². The van der Waals surface area contributed by atoms with Gasteiger partial charge in [0, 0.05) is 6.54 Å². The first-order valence-electron chi connectivity index (χ1n) is 7.54. The third kappa shape index (κ3) is 4.85. The molecule has 0 atom stereocenters. The van der Waals surface area contributed by atoms with Crippen LogP contribution in [0.1, 0.15) is 32.1 Å². The highest BCUT2D eigenvalue weighted by molar-refractivity contribution is 6.39. The zero-order valence-electron chi connectivity index (χ0n) is 12.7. The Hall–Kier alpha value is -0.810. The number of likely N-dealkylation sites (N-methyl/N-ethyl adjacent to an activating group) is 1. The van der Waals surface area contributed by atoms with Crippen LogP contribution in [0.2, 0.25) is 10.0 Å². The lowest BCUT2D eigenvalue weighted by Crippen LogP contribution is -2.45. The van der Waals surface area contributed by atoms with E-state index < -0.39 is 5.60 Å². The molecule has 2 rings (SSSR count). The first-order chi connectivity index (χ1) is 10.4. The van der Waals surface area contributed by atoms with E-state index in [9.17, 15) is 9.90 Å². The SMILES string of the molecule is CN(CC(=O)Nc1c(Cl)cccc1Cl)CC1(O)CCCCC1. The highest BCUT2D eigenvalue weighted by Gasteiger charge is 2.30. The van der Waals surface area contributed by atoms with E-state index in [0.29, 0.717) is 22.3 Å². The molecule has 2 N–H and O–H groups in total. The van der Waals surface area contributed by atoms with Gasteiger partial charge in [0.15, 0.2) is 0 Å². The van der Waals surface area contributed by atoms with Crippen molar-refractivity contribution in [1.29, 1.82) is 0 Å². The van der Waals surface area contributed by atoms with Gasteiger partial charge >= 0.3 is 0 Å². The quantitative estimate of drug-likeness (QED) is 0.858. The lowest BCUT2D eigenvalue weighted by molar-refractivity contribution is -0.118. The molecule has 1 amide bonds. The van der Waals surface area contributed by atoms with Gasteiger partial charge in [-0.2, -0.15) is 0 Å². The molecule has 1 aliphatic carbocycles. The monoisotopic (exact) mass is 344 g/mol. The molecular formula is C16H22Cl2N2O2. The van der Waals surface area contributed by atoms with E-state index in [-0.39, 0.29) is 12.5 Å². The number of anilines is 1. The summed E-state index contributed by atoms with van der Waals surface area (Å²) in [6.07, 6.45) is 4.87. The molecule has 22 heavy (non-hydrogen) atoms. The predicted molar refractivity (Wildman–Crippen MR) is 90.6 cm³/mol. The molecule has 1 aromatic rings.